The van der Waals surface area contributed by atoms with Gasteiger partial charge in [-0.3, -0.25) is 9.59 Å². The van der Waals surface area contributed by atoms with Crippen LogP contribution >= 0.6 is 0 Å². The summed E-state index contributed by atoms with van der Waals surface area (Å²) in [5.74, 6) is -1.99. The lowest BCUT2D eigenvalue weighted by molar-refractivity contribution is -0.143. The summed E-state index contributed by atoms with van der Waals surface area (Å²) in [6, 6.07) is 11.5. The molecule has 0 aliphatic carbocycles. The van der Waals surface area contributed by atoms with E-state index in [9.17, 15) is 19.8 Å². The average molecular weight is 498 g/mol. The number of hydrogen-bond donors (Lipinski definition) is 2. The quantitative estimate of drug-likeness (QED) is 0.287. The van der Waals surface area contributed by atoms with Crippen LogP contribution in [0.4, 0.5) is 5.69 Å². The van der Waals surface area contributed by atoms with Crippen molar-refractivity contribution in [1.29, 1.82) is 0 Å². The zero-order chi connectivity index (χ0) is 27.5. The van der Waals surface area contributed by atoms with Gasteiger partial charge in [0.2, 0.25) is 0 Å². The Morgan fingerprint density at radius 1 is 1.03 bits per heavy atom. The lowest BCUT2D eigenvalue weighted by Crippen LogP contribution is -2.38. The van der Waals surface area contributed by atoms with Gasteiger partial charge in [-0.25, -0.2) is 0 Å². The standard InChI is InChI=1S/C32H35NO4/c1-8-17-31(29(34)35,25-19-21(3)13-15-23(25)5)24(6)11-10-12-28-32(18-9-2,30(36)37)26-20-22(4)14-16-27(26)33(28)7/h8-16,19-20H,1-2,6,17-18H2,3-5,7H3,(H,34,35)(H,36,37)/b11-10+,28-12-. The van der Waals surface area contributed by atoms with Gasteiger partial charge in [0.15, 0.2) is 0 Å². The van der Waals surface area contributed by atoms with Crippen molar-refractivity contribution in [3.05, 3.63) is 126 Å². The molecule has 1 aliphatic heterocycles. The fraction of sp³-hybridized carbons (Fsp3) is 0.250. The molecule has 0 spiro atoms. The third-order valence-corrected chi connectivity index (χ3v) is 7.36. The van der Waals surface area contributed by atoms with Crippen LogP contribution in [0.25, 0.3) is 0 Å². The molecule has 37 heavy (non-hydrogen) atoms. The number of carbonyl (C=O) groups is 2. The molecule has 2 aromatic rings. The second kappa shape index (κ2) is 10.5. The second-order valence-electron chi connectivity index (χ2n) is 9.74. The maximum absolute atomic E-state index is 12.8. The third kappa shape index (κ3) is 4.46. The lowest BCUT2D eigenvalue weighted by atomic mass is 9.70. The minimum Gasteiger partial charge on any atom is -0.480 e. The summed E-state index contributed by atoms with van der Waals surface area (Å²) in [6.07, 6.45) is 8.68. The number of benzene rings is 2. The molecule has 0 fully saturated rings. The van der Waals surface area contributed by atoms with Crippen molar-refractivity contribution in [2.45, 2.75) is 44.4 Å². The minimum atomic E-state index is -1.40. The predicted octanol–water partition coefficient (Wildman–Crippen LogP) is 6.56. The van der Waals surface area contributed by atoms with Gasteiger partial charge in [0.1, 0.15) is 10.8 Å². The van der Waals surface area contributed by atoms with Gasteiger partial charge in [-0.15, -0.1) is 13.2 Å². The Morgan fingerprint density at radius 3 is 2.27 bits per heavy atom. The largest absolute Gasteiger partial charge is 0.480 e. The van der Waals surface area contributed by atoms with Gasteiger partial charge < -0.3 is 15.1 Å². The third-order valence-electron chi connectivity index (χ3n) is 7.36. The van der Waals surface area contributed by atoms with Crippen molar-refractivity contribution < 1.29 is 19.8 Å². The first-order chi connectivity index (χ1) is 17.5. The van der Waals surface area contributed by atoms with Crippen molar-refractivity contribution >= 4 is 17.6 Å². The highest BCUT2D eigenvalue weighted by atomic mass is 16.4. The van der Waals surface area contributed by atoms with Gasteiger partial charge in [-0.1, -0.05) is 72.3 Å². The summed E-state index contributed by atoms with van der Waals surface area (Å²) in [5.41, 5.74) is 3.20. The van der Waals surface area contributed by atoms with E-state index in [1.807, 2.05) is 69.1 Å². The number of anilines is 1. The normalized spacial score (nSPS) is 19.5. The minimum absolute atomic E-state index is 0.159. The van der Waals surface area contributed by atoms with Crippen LogP contribution in [0, 0.1) is 20.8 Å². The number of hydrogen-bond acceptors (Lipinski definition) is 3. The predicted molar refractivity (Wildman–Crippen MR) is 150 cm³/mol. The molecule has 0 bridgehead atoms. The number of fused-ring (bicyclic) bond motifs is 1. The van der Waals surface area contributed by atoms with Gasteiger partial charge in [0.25, 0.3) is 0 Å². The van der Waals surface area contributed by atoms with Gasteiger partial charge in [0, 0.05) is 18.4 Å². The first kappa shape index (κ1) is 27.5. The fourth-order valence-corrected chi connectivity index (χ4v) is 5.40. The van der Waals surface area contributed by atoms with Crippen LogP contribution < -0.4 is 4.90 Å². The molecular formula is C32H35NO4. The molecule has 1 heterocycles. The average Bonchev–Trinajstić information content (AvgIpc) is 3.07. The van der Waals surface area contributed by atoms with Crippen LogP contribution in [0.1, 0.15) is 40.7 Å². The molecule has 2 aromatic carbocycles. The summed E-state index contributed by atoms with van der Waals surface area (Å²) < 4.78 is 0. The van der Waals surface area contributed by atoms with E-state index in [-0.39, 0.29) is 12.8 Å². The molecule has 2 N–H and O–H groups in total. The zero-order valence-electron chi connectivity index (χ0n) is 22.0. The Labute approximate surface area is 219 Å². The van der Waals surface area contributed by atoms with Gasteiger partial charge in [-0.05, 0) is 68.0 Å². The van der Waals surface area contributed by atoms with Crippen molar-refractivity contribution in [1.82, 2.24) is 0 Å². The fourth-order valence-electron chi connectivity index (χ4n) is 5.40. The highest BCUT2D eigenvalue weighted by Crippen LogP contribution is 2.50. The number of likely N-dealkylation sites (N-methyl/N-ethyl adjacent to an activating group) is 1. The molecule has 0 amide bonds. The molecule has 2 unspecified atom stereocenters. The van der Waals surface area contributed by atoms with Crippen molar-refractivity contribution in [2.24, 2.45) is 0 Å². The van der Waals surface area contributed by atoms with E-state index in [0.717, 1.165) is 22.4 Å². The molecule has 2 atom stereocenters. The van der Waals surface area contributed by atoms with Crippen molar-refractivity contribution in [3.8, 4) is 0 Å². The van der Waals surface area contributed by atoms with E-state index in [0.29, 0.717) is 22.4 Å². The molecule has 192 valence electrons. The Morgan fingerprint density at radius 2 is 1.68 bits per heavy atom. The van der Waals surface area contributed by atoms with Gasteiger partial charge in [0.05, 0.1) is 0 Å². The Balaban J connectivity index is 2.16. The van der Waals surface area contributed by atoms with E-state index < -0.39 is 22.8 Å². The Bertz CT molecular complexity index is 1350. The van der Waals surface area contributed by atoms with E-state index in [2.05, 4.69) is 19.7 Å². The Kier molecular flexibility index (Phi) is 7.77. The van der Waals surface area contributed by atoms with Crippen molar-refractivity contribution in [2.75, 3.05) is 11.9 Å². The number of rotatable bonds is 10. The molecule has 1 aliphatic rings. The summed E-state index contributed by atoms with van der Waals surface area (Å²) in [7, 11) is 1.84. The molecule has 3 rings (SSSR count). The zero-order valence-corrected chi connectivity index (χ0v) is 22.0. The van der Waals surface area contributed by atoms with Gasteiger partial charge >= 0.3 is 11.9 Å². The molecule has 5 nitrogen and oxygen atoms in total. The lowest BCUT2D eigenvalue weighted by Gasteiger charge is -2.32. The topological polar surface area (TPSA) is 77.8 Å². The van der Waals surface area contributed by atoms with E-state index in [4.69, 9.17) is 0 Å². The maximum Gasteiger partial charge on any atom is 0.320 e. The highest BCUT2D eigenvalue weighted by molar-refractivity contribution is 5.94. The summed E-state index contributed by atoms with van der Waals surface area (Å²) in [6.45, 7) is 17.5. The van der Waals surface area contributed by atoms with Crippen LogP contribution in [0.15, 0.2) is 97.8 Å². The van der Waals surface area contributed by atoms with E-state index in [1.165, 1.54) is 0 Å². The Hall–Kier alpha value is -4.12. The SMILES string of the molecule is C=CCC(C(=C)/C=C/C=C1\N(C)c2ccc(C)cc2C1(CC=C)C(=O)O)(C(=O)O)c1cc(C)ccc1C. The summed E-state index contributed by atoms with van der Waals surface area (Å²) >= 11 is 0. The molecular weight excluding hydrogens is 462 g/mol. The van der Waals surface area contributed by atoms with Gasteiger partial charge in [-0.2, -0.15) is 0 Å². The molecule has 5 heteroatoms. The summed E-state index contributed by atoms with van der Waals surface area (Å²) in [5, 5.41) is 20.9. The molecule has 0 aromatic heterocycles. The number of aryl methyl sites for hydroxylation is 3. The van der Waals surface area contributed by atoms with Crippen LogP contribution in [-0.2, 0) is 20.4 Å². The number of aliphatic carboxylic acids is 2. The monoisotopic (exact) mass is 497 g/mol. The van der Waals surface area contributed by atoms with Crippen LogP contribution in [0.2, 0.25) is 0 Å². The number of carboxylic acids is 2. The molecule has 0 radical (unpaired) electrons. The number of allylic oxidation sites excluding steroid dienone is 5. The second-order valence-corrected chi connectivity index (χ2v) is 9.74. The van der Waals surface area contributed by atoms with Crippen LogP contribution in [0.3, 0.4) is 0 Å². The maximum atomic E-state index is 12.8. The highest BCUT2D eigenvalue weighted by Gasteiger charge is 2.51. The van der Waals surface area contributed by atoms with Crippen LogP contribution in [-0.4, -0.2) is 29.2 Å². The van der Waals surface area contributed by atoms with E-state index in [1.54, 1.807) is 30.4 Å². The first-order valence-corrected chi connectivity index (χ1v) is 12.2. The van der Waals surface area contributed by atoms with E-state index >= 15 is 0 Å². The molecule has 0 saturated carbocycles. The molecule has 0 saturated heterocycles. The number of carboxylic acid groups (broad SMARTS) is 2. The first-order valence-electron chi connectivity index (χ1n) is 12.2. The smallest absolute Gasteiger partial charge is 0.320 e. The number of nitrogens with zero attached hydrogens (tertiary/aromatic N) is 1. The summed E-state index contributed by atoms with van der Waals surface area (Å²) in [4.78, 5) is 27.4. The van der Waals surface area contributed by atoms with Crippen molar-refractivity contribution in [3.63, 3.8) is 0 Å². The van der Waals surface area contributed by atoms with Crippen LogP contribution in [0.5, 0.6) is 0 Å².